The van der Waals surface area contributed by atoms with Gasteiger partial charge >= 0.3 is 0 Å². The summed E-state index contributed by atoms with van der Waals surface area (Å²) in [6, 6.07) is 3.13. The summed E-state index contributed by atoms with van der Waals surface area (Å²) in [6.07, 6.45) is 4.89. The van der Waals surface area contributed by atoms with E-state index in [9.17, 15) is 13.6 Å². The minimum absolute atomic E-state index is 0.0706. The highest BCUT2D eigenvalue weighted by Crippen LogP contribution is 2.26. The highest BCUT2D eigenvalue weighted by molar-refractivity contribution is 5.81. The number of amides is 1. The van der Waals surface area contributed by atoms with Crippen molar-refractivity contribution in [3.63, 3.8) is 0 Å². The van der Waals surface area contributed by atoms with Crippen LogP contribution in [0.5, 0.6) is 5.75 Å². The molecule has 23 heavy (non-hydrogen) atoms. The number of rotatable bonds is 6. The third-order valence-electron chi connectivity index (χ3n) is 4.37. The van der Waals surface area contributed by atoms with E-state index in [-0.39, 0.29) is 17.7 Å². The van der Waals surface area contributed by atoms with Crippen LogP contribution in [0.4, 0.5) is 8.78 Å². The molecule has 1 aliphatic rings. The van der Waals surface area contributed by atoms with Crippen LogP contribution in [0, 0.1) is 17.6 Å². The zero-order chi connectivity index (χ0) is 16.8. The van der Waals surface area contributed by atoms with Crippen LogP contribution in [0.2, 0.25) is 0 Å². The van der Waals surface area contributed by atoms with Crippen molar-refractivity contribution in [3.8, 4) is 5.75 Å². The van der Waals surface area contributed by atoms with Crippen molar-refractivity contribution >= 4 is 5.91 Å². The molecular weight excluding hydrogens is 302 g/mol. The molecule has 1 aliphatic carbocycles. The van der Waals surface area contributed by atoms with Crippen molar-refractivity contribution < 1.29 is 18.3 Å². The standard InChI is InChI=1S/C17H24F2N2O2/c1-11(23-13-7-8-14(18)15(19)9-13)17(22)21-16(10-20)12-5-3-2-4-6-12/h7-9,11-12,16H,2-6,10,20H2,1H3,(H,21,22). The fourth-order valence-electron chi connectivity index (χ4n) is 3.01. The minimum Gasteiger partial charge on any atom is -0.481 e. The zero-order valence-electron chi connectivity index (χ0n) is 13.4. The molecule has 1 aromatic carbocycles. The molecule has 4 nitrogen and oxygen atoms in total. The Morgan fingerprint density at radius 2 is 2.00 bits per heavy atom. The Kier molecular flexibility index (Phi) is 6.33. The molecule has 1 saturated carbocycles. The number of ether oxygens (including phenoxy) is 1. The fraction of sp³-hybridized carbons (Fsp3) is 0.588. The number of carbonyl (C=O) groups is 1. The Morgan fingerprint density at radius 3 is 2.61 bits per heavy atom. The number of nitrogens with one attached hydrogen (secondary N) is 1. The van der Waals surface area contributed by atoms with Gasteiger partial charge in [-0.25, -0.2) is 8.78 Å². The van der Waals surface area contributed by atoms with E-state index in [4.69, 9.17) is 10.5 Å². The lowest BCUT2D eigenvalue weighted by Crippen LogP contribution is -2.49. The van der Waals surface area contributed by atoms with Crippen LogP contribution in [0.3, 0.4) is 0 Å². The summed E-state index contributed by atoms with van der Waals surface area (Å²) in [5.41, 5.74) is 5.79. The molecule has 0 saturated heterocycles. The van der Waals surface area contributed by atoms with Gasteiger partial charge in [0.1, 0.15) is 5.75 Å². The van der Waals surface area contributed by atoms with Crippen LogP contribution >= 0.6 is 0 Å². The Hall–Kier alpha value is -1.69. The molecule has 1 fully saturated rings. The number of halogens is 2. The molecule has 2 atom stereocenters. The number of hydrogen-bond donors (Lipinski definition) is 2. The second-order valence-corrected chi connectivity index (χ2v) is 6.08. The molecule has 1 amide bonds. The predicted molar refractivity (Wildman–Crippen MR) is 84.0 cm³/mol. The Labute approximate surface area is 135 Å². The van der Waals surface area contributed by atoms with Crippen molar-refractivity contribution in [2.75, 3.05) is 6.54 Å². The van der Waals surface area contributed by atoms with Gasteiger partial charge in [-0.3, -0.25) is 4.79 Å². The summed E-state index contributed by atoms with van der Waals surface area (Å²) in [7, 11) is 0. The SMILES string of the molecule is CC(Oc1ccc(F)c(F)c1)C(=O)NC(CN)C1CCCCC1. The first-order chi connectivity index (χ1) is 11.0. The van der Waals surface area contributed by atoms with Gasteiger partial charge in [-0.1, -0.05) is 19.3 Å². The van der Waals surface area contributed by atoms with Crippen molar-refractivity contribution in [1.82, 2.24) is 5.32 Å². The largest absolute Gasteiger partial charge is 0.481 e. The van der Waals surface area contributed by atoms with Gasteiger partial charge in [0, 0.05) is 18.7 Å². The van der Waals surface area contributed by atoms with Crippen molar-refractivity contribution in [1.29, 1.82) is 0 Å². The molecule has 3 N–H and O–H groups in total. The summed E-state index contributed by atoms with van der Waals surface area (Å²) < 4.78 is 31.4. The van der Waals surface area contributed by atoms with E-state index >= 15 is 0 Å². The molecule has 0 aromatic heterocycles. The zero-order valence-corrected chi connectivity index (χ0v) is 13.4. The van der Waals surface area contributed by atoms with E-state index in [1.54, 1.807) is 6.92 Å². The highest BCUT2D eigenvalue weighted by atomic mass is 19.2. The van der Waals surface area contributed by atoms with E-state index in [2.05, 4.69) is 5.32 Å². The Bertz CT molecular complexity index is 533. The van der Waals surface area contributed by atoms with Crippen LogP contribution in [0.15, 0.2) is 18.2 Å². The second-order valence-electron chi connectivity index (χ2n) is 6.08. The number of hydrogen-bond acceptors (Lipinski definition) is 3. The molecule has 2 rings (SSSR count). The predicted octanol–water partition coefficient (Wildman–Crippen LogP) is 2.76. The van der Waals surface area contributed by atoms with Crippen molar-refractivity contribution in [3.05, 3.63) is 29.8 Å². The van der Waals surface area contributed by atoms with E-state index in [1.165, 1.54) is 12.5 Å². The summed E-state index contributed by atoms with van der Waals surface area (Å²) in [5, 5.41) is 2.93. The average molecular weight is 326 g/mol. The topological polar surface area (TPSA) is 64.3 Å². The van der Waals surface area contributed by atoms with E-state index in [0.29, 0.717) is 12.5 Å². The van der Waals surface area contributed by atoms with Gasteiger partial charge in [0.25, 0.3) is 5.91 Å². The lowest BCUT2D eigenvalue weighted by atomic mass is 9.84. The van der Waals surface area contributed by atoms with Crippen molar-refractivity contribution in [2.24, 2.45) is 11.7 Å². The minimum atomic E-state index is -1.00. The summed E-state index contributed by atoms with van der Waals surface area (Å²) >= 11 is 0. The van der Waals surface area contributed by atoms with Crippen molar-refractivity contribution in [2.45, 2.75) is 51.2 Å². The molecule has 2 unspecified atom stereocenters. The average Bonchev–Trinajstić information content (AvgIpc) is 2.56. The van der Waals surface area contributed by atoms with Gasteiger partial charge in [0.05, 0.1) is 0 Å². The summed E-state index contributed by atoms with van der Waals surface area (Å²) in [4.78, 5) is 12.3. The van der Waals surface area contributed by atoms with Crippen LogP contribution in [0.25, 0.3) is 0 Å². The van der Waals surface area contributed by atoms with Crippen LogP contribution < -0.4 is 15.8 Å². The highest BCUT2D eigenvalue weighted by Gasteiger charge is 2.26. The molecular formula is C17H24F2N2O2. The van der Waals surface area contributed by atoms with Gasteiger partial charge in [0.15, 0.2) is 17.7 Å². The number of nitrogens with two attached hydrogens (primary N) is 1. The van der Waals surface area contributed by atoms with E-state index in [0.717, 1.165) is 37.8 Å². The maximum absolute atomic E-state index is 13.2. The first-order valence-corrected chi connectivity index (χ1v) is 8.13. The third-order valence-corrected chi connectivity index (χ3v) is 4.37. The van der Waals surface area contributed by atoms with E-state index < -0.39 is 17.7 Å². The normalized spacial score (nSPS) is 18.3. The maximum Gasteiger partial charge on any atom is 0.261 e. The second kappa shape index (κ2) is 8.24. The van der Waals surface area contributed by atoms with Gasteiger partial charge in [0.2, 0.25) is 0 Å². The third kappa shape index (κ3) is 4.89. The Morgan fingerprint density at radius 1 is 1.30 bits per heavy atom. The molecule has 0 heterocycles. The first-order valence-electron chi connectivity index (χ1n) is 8.13. The lowest BCUT2D eigenvalue weighted by molar-refractivity contribution is -0.128. The summed E-state index contributed by atoms with van der Waals surface area (Å²) in [6.45, 7) is 1.96. The van der Waals surface area contributed by atoms with Crippen LogP contribution in [-0.2, 0) is 4.79 Å². The molecule has 1 aromatic rings. The number of benzene rings is 1. The van der Waals surface area contributed by atoms with E-state index in [1.807, 2.05) is 0 Å². The molecule has 0 spiro atoms. The smallest absolute Gasteiger partial charge is 0.261 e. The maximum atomic E-state index is 13.2. The van der Waals surface area contributed by atoms with Crippen LogP contribution in [0.1, 0.15) is 39.0 Å². The van der Waals surface area contributed by atoms with Gasteiger partial charge < -0.3 is 15.8 Å². The quantitative estimate of drug-likeness (QED) is 0.845. The molecule has 6 heteroatoms. The molecule has 0 aliphatic heterocycles. The number of carbonyl (C=O) groups excluding carboxylic acids is 1. The monoisotopic (exact) mass is 326 g/mol. The first kappa shape index (κ1) is 17.7. The lowest BCUT2D eigenvalue weighted by Gasteiger charge is -2.30. The van der Waals surface area contributed by atoms with Gasteiger partial charge in [-0.05, 0) is 37.8 Å². The molecule has 0 radical (unpaired) electrons. The Balaban J connectivity index is 1.91. The van der Waals surface area contributed by atoms with Crippen LogP contribution in [-0.4, -0.2) is 24.6 Å². The van der Waals surface area contributed by atoms with Gasteiger partial charge in [-0.2, -0.15) is 0 Å². The molecule has 0 bridgehead atoms. The van der Waals surface area contributed by atoms with Gasteiger partial charge in [-0.15, -0.1) is 0 Å². The molecule has 128 valence electrons. The summed E-state index contributed by atoms with van der Waals surface area (Å²) in [5.74, 6) is -1.73. The fourth-order valence-corrected chi connectivity index (χ4v) is 3.01.